The number of aromatic hydroxyl groups is 1. The van der Waals surface area contributed by atoms with Gasteiger partial charge in [-0.15, -0.1) is 0 Å². The van der Waals surface area contributed by atoms with Crippen LogP contribution in [0.2, 0.25) is 0 Å². The number of hydrogen-bond acceptors (Lipinski definition) is 5. The van der Waals surface area contributed by atoms with Crippen LogP contribution in [0, 0.1) is 0 Å². The summed E-state index contributed by atoms with van der Waals surface area (Å²) >= 11 is 1.20. The SMILES string of the molecule is O=c1cc(O)nc2scnn12. The molecule has 2 rings (SSSR count). The summed E-state index contributed by atoms with van der Waals surface area (Å²) in [4.78, 5) is 15.0. The van der Waals surface area contributed by atoms with Crippen LogP contribution in [0.1, 0.15) is 0 Å². The zero-order valence-corrected chi connectivity index (χ0v) is 6.08. The Kier molecular flexibility index (Phi) is 1.16. The molecule has 0 aliphatic heterocycles. The van der Waals surface area contributed by atoms with E-state index in [2.05, 4.69) is 10.1 Å². The van der Waals surface area contributed by atoms with Crippen molar-refractivity contribution >= 4 is 16.3 Å². The van der Waals surface area contributed by atoms with E-state index < -0.39 is 0 Å². The Morgan fingerprint density at radius 2 is 2.45 bits per heavy atom. The molecule has 6 heteroatoms. The highest BCUT2D eigenvalue weighted by Gasteiger charge is 2.01. The molecule has 0 atom stereocenters. The standard InChI is InChI=1S/C5H3N3O2S/c9-3-1-4(10)8-5(7-3)11-2-6-8/h1-2,9H. The smallest absolute Gasteiger partial charge is 0.278 e. The Morgan fingerprint density at radius 3 is 3.27 bits per heavy atom. The molecule has 0 spiro atoms. The Bertz CT molecular complexity index is 446. The second kappa shape index (κ2) is 2.03. The van der Waals surface area contributed by atoms with Crippen molar-refractivity contribution in [3.63, 3.8) is 0 Å². The summed E-state index contributed by atoms with van der Waals surface area (Å²) in [6.07, 6.45) is 0. The first-order valence-electron chi connectivity index (χ1n) is 2.80. The van der Waals surface area contributed by atoms with Gasteiger partial charge in [0, 0.05) is 0 Å². The zero-order valence-electron chi connectivity index (χ0n) is 5.26. The van der Waals surface area contributed by atoms with Gasteiger partial charge in [0.1, 0.15) is 5.51 Å². The maximum atomic E-state index is 11.0. The molecule has 0 amide bonds. The molecule has 11 heavy (non-hydrogen) atoms. The first-order valence-corrected chi connectivity index (χ1v) is 3.68. The predicted octanol–water partition coefficient (Wildman–Crippen LogP) is -0.143. The summed E-state index contributed by atoms with van der Waals surface area (Å²) in [7, 11) is 0. The van der Waals surface area contributed by atoms with Crippen molar-refractivity contribution in [1.82, 2.24) is 14.6 Å². The number of fused-ring (bicyclic) bond motifs is 1. The van der Waals surface area contributed by atoms with E-state index in [9.17, 15) is 4.79 Å². The molecule has 0 bridgehead atoms. The van der Waals surface area contributed by atoms with Crippen molar-refractivity contribution < 1.29 is 5.11 Å². The van der Waals surface area contributed by atoms with Crippen LogP contribution in [-0.2, 0) is 0 Å². The molecule has 0 aliphatic carbocycles. The second-order valence-corrected chi connectivity index (χ2v) is 2.70. The molecule has 2 aromatic heterocycles. The molecule has 1 N–H and O–H groups in total. The Labute approximate surface area is 64.6 Å². The number of nitrogens with zero attached hydrogens (tertiary/aromatic N) is 3. The van der Waals surface area contributed by atoms with Gasteiger partial charge in [0.05, 0.1) is 6.07 Å². The Morgan fingerprint density at radius 1 is 1.64 bits per heavy atom. The molecule has 0 radical (unpaired) electrons. The quantitative estimate of drug-likeness (QED) is 0.595. The van der Waals surface area contributed by atoms with E-state index in [1.807, 2.05) is 0 Å². The summed E-state index contributed by atoms with van der Waals surface area (Å²) in [5.74, 6) is -0.265. The van der Waals surface area contributed by atoms with Crippen LogP contribution in [-0.4, -0.2) is 19.7 Å². The molecule has 2 heterocycles. The number of aromatic nitrogens is 3. The summed E-state index contributed by atoms with van der Waals surface area (Å²) in [6, 6.07) is 1.02. The molecule has 0 aliphatic rings. The fourth-order valence-electron chi connectivity index (χ4n) is 0.744. The average molecular weight is 169 g/mol. The molecule has 0 fully saturated rings. The monoisotopic (exact) mass is 169 g/mol. The van der Waals surface area contributed by atoms with Gasteiger partial charge in [0.25, 0.3) is 5.56 Å². The van der Waals surface area contributed by atoms with Crippen LogP contribution in [0.15, 0.2) is 16.4 Å². The third-order valence-corrected chi connectivity index (χ3v) is 1.85. The van der Waals surface area contributed by atoms with Gasteiger partial charge in [-0.05, 0) is 0 Å². The molecule has 5 nitrogen and oxygen atoms in total. The number of hydrogen-bond donors (Lipinski definition) is 1. The first-order chi connectivity index (χ1) is 5.27. The third-order valence-electron chi connectivity index (χ3n) is 1.17. The van der Waals surface area contributed by atoms with E-state index in [0.717, 1.165) is 10.6 Å². The fourth-order valence-corrected chi connectivity index (χ4v) is 1.36. The minimum Gasteiger partial charge on any atom is -0.493 e. The van der Waals surface area contributed by atoms with E-state index in [1.54, 1.807) is 0 Å². The van der Waals surface area contributed by atoms with E-state index >= 15 is 0 Å². The van der Waals surface area contributed by atoms with Gasteiger partial charge in [-0.3, -0.25) is 4.79 Å². The van der Waals surface area contributed by atoms with E-state index in [-0.39, 0.29) is 11.4 Å². The van der Waals surface area contributed by atoms with Crippen molar-refractivity contribution in [1.29, 1.82) is 0 Å². The number of rotatable bonds is 0. The van der Waals surface area contributed by atoms with Crippen LogP contribution in [0.5, 0.6) is 5.88 Å². The van der Waals surface area contributed by atoms with Gasteiger partial charge in [-0.1, -0.05) is 11.3 Å². The Hall–Kier alpha value is -1.43. The van der Waals surface area contributed by atoms with Gasteiger partial charge in [0.2, 0.25) is 10.8 Å². The third kappa shape index (κ3) is 0.874. The summed E-state index contributed by atoms with van der Waals surface area (Å²) in [5.41, 5.74) is 1.12. The lowest BCUT2D eigenvalue weighted by atomic mass is 10.6. The fraction of sp³-hybridized carbons (Fsp3) is 0. The molecule has 0 unspecified atom stereocenters. The lowest BCUT2D eigenvalue weighted by Crippen LogP contribution is -2.12. The molecule has 2 aromatic rings. The highest BCUT2D eigenvalue weighted by atomic mass is 32.1. The van der Waals surface area contributed by atoms with Crippen molar-refractivity contribution in [2.75, 3.05) is 0 Å². The van der Waals surface area contributed by atoms with Crippen LogP contribution in [0.25, 0.3) is 4.96 Å². The molecular formula is C5H3N3O2S. The summed E-state index contributed by atoms with van der Waals surface area (Å²) < 4.78 is 1.13. The van der Waals surface area contributed by atoms with Crippen molar-refractivity contribution in [2.45, 2.75) is 0 Å². The highest BCUT2D eigenvalue weighted by Crippen LogP contribution is 2.06. The van der Waals surface area contributed by atoms with Gasteiger partial charge in [-0.2, -0.15) is 14.6 Å². The predicted molar refractivity (Wildman–Crippen MR) is 38.8 cm³/mol. The molecule has 0 saturated carbocycles. The highest BCUT2D eigenvalue weighted by molar-refractivity contribution is 7.14. The largest absolute Gasteiger partial charge is 0.493 e. The van der Waals surface area contributed by atoms with E-state index in [4.69, 9.17) is 5.11 Å². The molecular weight excluding hydrogens is 166 g/mol. The van der Waals surface area contributed by atoms with Gasteiger partial charge in [-0.25, -0.2) is 0 Å². The minimum atomic E-state index is -0.367. The van der Waals surface area contributed by atoms with Crippen LogP contribution in [0.4, 0.5) is 0 Å². The van der Waals surface area contributed by atoms with Gasteiger partial charge >= 0.3 is 0 Å². The minimum absolute atomic E-state index is 0.265. The molecule has 56 valence electrons. The second-order valence-electron chi connectivity index (χ2n) is 1.89. The Balaban J connectivity index is 3.02. The van der Waals surface area contributed by atoms with Crippen LogP contribution in [0.3, 0.4) is 0 Å². The molecule has 0 aromatic carbocycles. The average Bonchev–Trinajstić information content (AvgIpc) is 2.34. The normalized spacial score (nSPS) is 10.5. The van der Waals surface area contributed by atoms with Gasteiger partial charge < -0.3 is 5.11 Å². The molecule has 0 saturated heterocycles. The van der Waals surface area contributed by atoms with E-state index in [1.165, 1.54) is 16.8 Å². The lowest BCUT2D eigenvalue weighted by molar-refractivity contribution is 0.452. The van der Waals surface area contributed by atoms with Gasteiger partial charge in [0.15, 0.2) is 0 Å². The summed E-state index contributed by atoms with van der Waals surface area (Å²) in [5, 5.41) is 12.6. The van der Waals surface area contributed by atoms with Crippen molar-refractivity contribution in [3.05, 3.63) is 21.9 Å². The van der Waals surface area contributed by atoms with E-state index in [0.29, 0.717) is 4.96 Å². The zero-order chi connectivity index (χ0) is 7.84. The van der Waals surface area contributed by atoms with Crippen LogP contribution < -0.4 is 5.56 Å². The maximum absolute atomic E-state index is 11.0. The van der Waals surface area contributed by atoms with Crippen molar-refractivity contribution in [3.8, 4) is 5.88 Å². The lowest BCUT2D eigenvalue weighted by Gasteiger charge is -1.88. The maximum Gasteiger partial charge on any atom is 0.278 e. The van der Waals surface area contributed by atoms with Crippen molar-refractivity contribution in [2.24, 2.45) is 0 Å². The topological polar surface area (TPSA) is 67.5 Å². The first kappa shape index (κ1) is 6.29. The summed E-state index contributed by atoms with van der Waals surface area (Å²) in [6.45, 7) is 0. The van der Waals surface area contributed by atoms with Crippen LogP contribution >= 0.6 is 11.3 Å².